The van der Waals surface area contributed by atoms with E-state index in [-0.39, 0.29) is 28.9 Å². The van der Waals surface area contributed by atoms with E-state index < -0.39 is 10.0 Å². The first-order valence-corrected chi connectivity index (χ1v) is 8.51. The highest BCUT2D eigenvalue weighted by atomic mass is 127. The molecule has 1 aromatic carbocycles. The highest BCUT2D eigenvalue weighted by Gasteiger charge is 2.06. The standard InChI is InChI=1S/C14H24N4O2S.HI/c1-4-16-14(17-9-11(2)3)18-10-12-5-7-13(8-6-12)21(15,19)20;/h5-8,11H,4,9-10H2,1-3H3,(H2,15,19,20)(H2,16,17,18);1H. The molecule has 0 unspecified atom stereocenters. The molecule has 0 fully saturated rings. The van der Waals surface area contributed by atoms with E-state index >= 15 is 0 Å². The average molecular weight is 440 g/mol. The Morgan fingerprint density at radius 1 is 1.23 bits per heavy atom. The maximum Gasteiger partial charge on any atom is 0.238 e. The molecule has 8 heteroatoms. The minimum absolute atomic E-state index is 0. The van der Waals surface area contributed by atoms with E-state index in [0.717, 1.165) is 24.6 Å². The summed E-state index contributed by atoms with van der Waals surface area (Å²) in [6.07, 6.45) is 0. The van der Waals surface area contributed by atoms with Crippen LogP contribution in [0.2, 0.25) is 0 Å². The number of aliphatic imine (C=N–C) groups is 1. The Hall–Kier alpha value is -0.870. The van der Waals surface area contributed by atoms with E-state index in [9.17, 15) is 8.42 Å². The molecule has 0 aliphatic rings. The average Bonchev–Trinajstić information content (AvgIpc) is 2.41. The van der Waals surface area contributed by atoms with Crippen molar-refractivity contribution in [1.29, 1.82) is 0 Å². The number of nitrogens with zero attached hydrogens (tertiary/aromatic N) is 1. The molecule has 0 radical (unpaired) electrons. The Balaban J connectivity index is 0.00000441. The Bertz CT molecular complexity index is 571. The molecule has 0 heterocycles. The van der Waals surface area contributed by atoms with Gasteiger partial charge < -0.3 is 10.6 Å². The lowest BCUT2D eigenvalue weighted by Gasteiger charge is -2.13. The molecule has 0 aliphatic carbocycles. The topological polar surface area (TPSA) is 96.6 Å². The van der Waals surface area contributed by atoms with E-state index in [1.807, 2.05) is 6.92 Å². The van der Waals surface area contributed by atoms with E-state index in [4.69, 9.17) is 5.14 Å². The third-order valence-electron chi connectivity index (χ3n) is 2.69. The fraction of sp³-hybridized carbons (Fsp3) is 0.500. The van der Waals surface area contributed by atoms with Gasteiger partial charge in [-0.05, 0) is 30.5 Å². The van der Waals surface area contributed by atoms with Crippen molar-refractivity contribution in [2.45, 2.75) is 32.2 Å². The van der Waals surface area contributed by atoms with Crippen LogP contribution in [0, 0.1) is 5.92 Å². The number of primary sulfonamides is 1. The van der Waals surface area contributed by atoms with Gasteiger partial charge in [-0.3, -0.25) is 0 Å². The van der Waals surface area contributed by atoms with E-state index in [2.05, 4.69) is 29.5 Å². The number of hydrogen-bond donors (Lipinski definition) is 3. The zero-order valence-electron chi connectivity index (χ0n) is 13.2. The number of rotatable bonds is 6. The maximum atomic E-state index is 11.2. The van der Waals surface area contributed by atoms with Crippen molar-refractivity contribution in [3.05, 3.63) is 29.8 Å². The summed E-state index contributed by atoms with van der Waals surface area (Å²) in [5.41, 5.74) is 0.921. The van der Waals surface area contributed by atoms with Crippen LogP contribution in [-0.4, -0.2) is 27.5 Å². The van der Waals surface area contributed by atoms with Gasteiger partial charge in [0, 0.05) is 13.1 Å². The Morgan fingerprint density at radius 3 is 2.27 bits per heavy atom. The molecule has 6 nitrogen and oxygen atoms in total. The Morgan fingerprint density at radius 2 is 1.82 bits per heavy atom. The summed E-state index contributed by atoms with van der Waals surface area (Å²) in [6.45, 7) is 8.36. The number of hydrogen-bond acceptors (Lipinski definition) is 3. The summed E-state index contributed by atoms with van der Waals surface area (Å²) in [4.78, 5) is 4.57. The molecule has 0 saturated carbocycles. The van der Waals surface area contributed by atoms with Crippen molar-refractivity contribution < 1.29 is 8.42 Å². The number of halogens is 1. The van der Waals surface area contributed by atoms with E-state index in [0.29, 0.717) is 12.5 Å². The SMILES string of the molecule is CCNC(=NCc1ccc(S(N)(=O)=O)cc1)NCC(C)C.I. The van der Waals surface area contributed by atoms with Crippen LogP contribution in [0.4, 0.5) is 0 Å². The predicted molar refractivity (Wildman–Crippen MR) is 101 cm³/mol. The van der Waals surface area contributed by atoms with Crippen LogP contribution in [0.3, 0.4) is 0 Å². The monoisotopic (exact) mass is 440 g/mol. The van der Waals surface area contributed by atoms with Crippen molar-refractivity contribution >= 4 is 40.0 Å². The highest BCUT2D eigenvalue weighted by molar-refractivity contribution is 14.0. The lowest BCUT2D eigenvalue weighted by Crippen LogP contribution is -2.39. The molecule has 4 N–H and O–H groups in total. The molecule has 0 amide bonds. The first-order chi connectivity index (χ1) is 9.82. The summed E-state index contributed by atoms with van der Waals surface area (Å²) in [6, 6.07) is 6.42. The van der Waals surface area contributed by atoms with Crippen LogP contribution in [0.15, 0.2) is 34.2 Å². The van der Waals surface area contributed by atoms with Crippen LogP contribution in [-0.2, 0) is 16.6 Å². The van der Waals surface area contributed by atoms with Gasteiger partial charge in [0.05, 0.1) is 11.4 Å². The molecule has 0 aromatic heterocycles. The molecule has 126 valence electrons. The van der Waals surface area contributed by atoms with Crippen LogP contribution in [0.5, 0.6) is 0 Å². The summed E-state index contributed by atoms with van der Waals surface area (Å²) in [5.74, 6) is 1.28. The van der Waals surface area contributed by atoms with Crippen molar-refractivity contribution in [2.75, 3.05) is 13.1 Å². The van der Waals surface area contributed by atoms with E-state index in [1.165, 1.54) is 12.1 Å². The number of nitrogens with two attached hydrogens (primary N) is 1. The third-order valence-corrected chi connectivity index (χ3v) is 3.62. The van der Waals surface area contributed by atoms with Gasteiger partial charge in [-0.25, -0.2) is 18.5 Å². The normalized spacial score (nSPS) is 12.0. The van der Waals surface area contributed by atoms with Crippen LogP contribution in [0.1, 0.15) is 26.3 Å². The fourth-order valence-electron chi connectivity index (χ4n) is 1.60. The number of benzene rings is 1. The molecule has 0 spiro atoms. The molecular formula is C14H25IN4O2S. The summed E-state index contributed by atoms with van der Waals surface area (Å²) in [5, 5.41) is 11.5. The van der Waals surface area contributed by atoms with E-state index in [1.54, 1.807) is 12.1 Å². The second-order valence-electron chi connectivity index (χ2n) is 5.16. The van der Waals surface area contributed by atoms with Gasteiger partial charge in [0.1, 0.15) is 0 Å². The predicted octanol–water partition coefficient (Wildman–Crippen LogP) is 1.66. The van der Waals surface area contributed by atoms with Gasteiger partial charge in [-0.2, -0.15) is 0 Å². The maximum absolute atomic E-state index is 11.2. The first-order valence-electron chi connectivity index (χ1n) is 6.97. The second-order valence-corrected chi connectivity index (χ2v) is 6.72. The van der Waals surface area contributed by atoms with Gasteiger partial charge in [0.15, 0.2) is 5.96 Å². The van der Waals surface area contributed by atoms with Crippen molar-refractivity contribution in [2.24, 2.45) is 16.0 Å². The van der Waals surface area contributed by atoms with Crippen LogP contribution < -0.4 is 15.8 Å². The van der Waals surface area contributed by atoms with Crippen molar-refractivity contribution in [1.82, 2.24) is 10.6 Å². The smallest absolute Gasteiger partial charge is 0.238 e. The number of sulfonamides is 1. The molecule has 1 aromatic rings. The summed E-state index contributed by atoms with van der Waals surface area (Å²) >= 11 is 0. The first kappa shape index (κ1) is 21.1. The third kappa shape index (κ3) is 7.95. The van der Waals surface area contributed by atoms with Crippen molar-refractivity contribution in [3.8, 4) is 0 Å². The number of nitrogens with one attached hydrogen (secondary N) is 2. The number of guanidine groups is 1. The molecule has 22 heavy (non-hydrogen) atoms. The van der Waals surface area contributed by atoms with Gasteiger partial charge >= 0.3 is 0 Å². The zero-order chi connectivity index (χ0) is 15.9. The van der Waals surface area contributed by atoms with Crippen molar-refractivity contribution in [3.63, 3.8) is 0 Å². The molecule has 0 atom stereocenters. The quantitative estimate of drug-likeness (QED) is 0.356. The minimum Gasteiger partial charge on any atom is -0.357 e. The Labute approximate surface area is 150 Å². The largest absolute Gasteiger partial charge is 0.357 e. The molecule has 0 aliphatic heterocycles. The van der Waals surface area contributed by atoms with Gasteiger partial charge in [-0.1, -0.05) is 26.0 Å². The fourth-order valence-corrected chi connectivity index (χ4v) is 2.11. The lowest BCUT2D eigenvalue weighted by molar-refractivity contribution is 0.598. The molecule has 0 bridgehead atoms. The van der Waals surface area contributed by atoms with Gasteiger partial charge in [0.2, 0.25) is 10.0 Å². The van der Waals surface area contributed by atoms with Gasteiger partial charge in [0.25, 0.3) is 0 Å². The molecule has 0 saturated heterocycles. The van der Waals surface area contributed by atoms with Crippen LogP contribution in [0.25, 0.3) is 0 Å². The summed E-state index contributed by atoms with van der Waals surface area (Å²) in [7, 11) is -3.64. The summed E-state index contributed by atoms with van der Waals surface area (Å²) < 4.78 is 22.3. The minimum atomic E-state index is -3.64. The molecular weight excluding hydrogens is 415 g/mol. The second kappa shape index (κ2) is 10.0. The molecule has 1 rings (SSSR count). The zero-order valence-corrected chi connectivity index (χ0v) is 16.3. The van der Waals surface area contributed by atoms with Gasteiger partial charge in [-0.15, -0.1) is 24.0 Å². The lowest BCUT2D eigenvalue weighted by atomic mass is 10.2. The van der Waals surface area contributed by atoms with Crippen LogP contribution >= 0.6 is 24.0 Å². The highest BCUT2D eigenvalue weighted by Crippen LogP contribution is 2.09. The Kier molecular flexibility index (Phi) is 9.61.